The molecular formula is C14H12N2O2. The molecule has 4 nitrogen and oxygen atoms in total. The molecule has 0 spiro atoms. The van der Waals surface area contributed by atoms with Gasteiger partial charge >= 0.3 is 5.97 Å². The van der Waals surface area contributed by atoms with Crippen molar-refractivity contribution in [3.63, 3.8) is 0 Å². The smallest absolute Gasteiger partial charge is 0.339 e. The molecule has 18 heavy (non-hydrogen) atoms. The third-order valence-electron chi connectivity index (χ3n) is 3.21. The Morgan fingerprint density at radius 1 is 1.22 bits per heavy atom. The van der Waals surface area contributed by atoms with Crippen molar-refractivity contribution in [1.82, 2.24) is 4.98 Å². The van der Waals surface area contributed by atoms with Gasteiger partial charge in [-0.25, -0.2) is 4.79 Å². The molecule has 0 atom stereocenters. The molecule has 0 radical (unpaired) electrons. The predicted molar refractivity (Wildman–Crippen MR) is 68.3 cm³/mol. The van der Waals surface area contributed by atoms with Gasteiger partial charge in [-0.2, -0.15) is 0 Å². The van der Waals surface area contributed by atoms with Gasteiger partial charge in [-0.1, -0.05) is 18.2 Å². The Morgan fingerprint density at radius 3 is 2.89 bits per heavy atom. The van der Waals surface area contributed by atoms with Crippen LogP contribution in [-0.4, -0.2) is 22.6 Å². The van der Waals surface area contributed by atoms with Crippen molar-refractivity contribution in [2.24, 2.45) is 0 Å². The Hall–Kier alpha value is -2.36. The molecule has 0 bridgehead atoms. The highest BCUT2D eigenvalue weighted by molar-refractivity contribution is 5.95. The third kappa shape index (κ3) is 1.62. The standard InChI is InChI=1S/C14H12N2O2/c17-14(18)11-9-15-7-5-13(11)16-8-6-10-3-1-2-4-12(10)16/h1-5,7,9H,6,8H2,(H,17,18). The highest BCUT2D eigenvalue weighted by atomic mass is 16.4. The van der Waals surface area contributed by atoms with Crippen LogP contribution in [0.15, 0.2) is 42.7 Å². The number of aromatic carboxylic acids is 1. The minimum atomic E-state index is -0.942. The number of benzene rings is 1. The molecule has 90 valence electrons. The Kier molecular flexibility index (Phi) is 2.48. The molecule has 1 aromatic heterocycles. The van der Waals surface area contributed by atoms with Crippen LogP contribution in [0.3, 0.4) is 0 Å². The third-order valence-corrected chi connectivity index (χ3v) is 3.21. The van der Waals surface area contributed by atoms with Crippen molar-refractivity contribution in [3.8, 4) is 0 Å². The summed E-state index contributed by atoms with van der Waals surface area (Å²) in [6, 6.07) is 9.84. The van der Waals surface area contributed by atoms with Crippen LogP contribution in [0.25, 0.3) is 0 Å². The van der Waals surface area contributed by atoms with Gasteiger partial charge in [0.25, 0.3) is 0 Å². The van der Waals surface area contributed by atoms with E-state index in [0.717, 1.165) is 18.7 Å². The average Bonchev–Trinajstić information content (AvgIpc) is 2.82. The molecule has 0 saturated carbocycles. The van der Waals surface area contributed by atoms with Gasteiger partial charge in [0, 0.05) is 24.6 Å². The zero-order valence-electron chi connectivity index (χ0n) is 9.71. The van der Waals surface area contributed by atoms with E-state index in [1.54, 1.807) is 12.3 Å². The van der Waals surface area contributed by atoms with Crippen molar-refractivity contribution in [1.29, 1.82) is 0 Å². The van der Waals surface area contributed by atoms with E-state index < -0.39 is 5.97 Å². The first-order valence-corrected chi connectivity index (χ1v) is 5.80. The van der Waals surface area contributed by atoms with E-state index in [-0.39, 0.29) is 5.56 Å². The van der Waals surface area contributed by atoms with Crippen molar-refractivity contribution in [3.05, 3.63) is 53.9 Å². The fraction of sp³-hybridized carbons (Fsp3) is 0.143. The normalized spacial score (nSPS) is 13.4. The number of fused-ring (bicyclic) bond motifs is 1. The second-order valence-corrected chi connectivity index (χ2v) is 4.23. The summed E-state index contributed by atoms with van der Waals surface area (Å²) in [5.41, 5.74) is 3.30. The number of nitrogens with zero attached hydrogens (tertiary/aromatic N) is 2. The number of para-hydroxylation sites is 1. The van der Waals surface area contributed by atoms with Crippen LogP contribution in [0.5, 0.6) is 0 Å². The molecule has 0 amide bonds. The van der Waals surface area contributed by atoms with Crippen LogP contribution >= 0.6 is 0 Å². The summed E-state index contributed by atoms with van der Waals surface area (Å²) >= 11 is 0. The van der Waals surface area contributed by atoms with Gasteiger partial charge in [0.1, 0.15) is 5.56 Å². The Labute approximate surface area is 105 Å². The summed E-state index contributed by atoms with van der Waals surface area (Å²) in [6.07, 6.45) is 3.97. The lowest BCUT2D eigenvalue weighted by molar-refractivity contribution is 0.0697. The highest BCUT2D eigenvalue weighted by Crippen LogP contribution is 2.35. The van der Waals surface area contributed by atoms with Crippen molar-refractivity contribution in [2.75, 3.05) is 11.4 Å². The number of aromatic nitrogens is 1. The molecule has 3 rings (SSSR count). The first kappa shape index (κ1) is 10.8. The Balaban J connectivity index is 2.10. The summed E-state index contributed by atoms with van der Waals surface area (Å²) in [5, 5.41) is 9.21. The van der Waals surface area contributed by atoms with E-state index in [1.807, 2.05) is 23.1 Å². The number of hydrogen-bond donors (Lipinski definition) is 1. The molecule has 2 aromatic rings. The number of rotatable bonds is 2. The van der Waals surface area contributed by atoms with E-state index >= 15 is 0 Å². The van der Waals surface area contributed by atoms with Crippen LogP contribution in [-0.2, 0) is 6.42 Å². The SMILES string of the molecule is O=C(O)c1cnccc1N1CCc2ccccc21. The topological polar surface area (TPSA) is 53.4 Å². The van der Waals surface area contributed by atoms with Crippen molar-refractivity contribution < 1.29 is 9.90 Å². The molecule has 1 aromatic carbocycles. The molecule has 1 aliphatic heterocycles. The maximum atomic E-state index is 11.2. The van der Waals surface area contributed by atoms with Gasteiger partial charge in [-0.05, 0) is 24.1 Å². The summed E-state index contributed by atoms with van der Waals surface area (Å²) in [4.78, 5) is 17.2. The van der Waals surface area contributed by atoms with E-state index in [1.165, 1.54) is 11.8 Å². The summed E-state index contributed by atoms with van der Waals surface area (Å²) in [7, 11) is 0. The largest absolute Gasteiger partial charge is 0.478 e. The lowest BCUT2D eigenvalue weighted by atomic mass is 10.1. The van der Waals surface area contributed by atoms with Crippen LogP contribution in [0.1, 0.15) is 15.9 Å². The number of carboxylic acids is 1. The Morgan fingerprint density at radius 2 is 2.06 bits per heavy atom. The highest BCUT2D eigenvalue weighted by Gasteiger charge is 2.23. The summed E-state index contributed by atoms with van der Waals surface area (Å²) < 4.78 is 0. The molecule has 4 heteroatoms. The van der Waals surface area contributed by atoms with Crippen LogP contribution in [0.2, 0.25) is 0 Å². The molecule has 2 heterocycles. The number of pyridine rings is 1. The van der Waals surface area contributed by atoms with Gasteiger partial charge in [-0.15, -0.1) is 0 Å². The van der Waals surface area contributed by atoms with E-state index in [2.05, 4.69) is 11.1 Å². The molecule has 1 aliphatic rings. The van der Waals surface area contributed by atoms with Crippen LogP contribution in [0, 0.1) is 0 Å². The molecule has 0 saturated heterocycles. The molecule has 0 fully saturated rings. The van der Waals surface area contributed by atoms with Crippen LogP contribution in [0.4, 0.5) is 11.4 Å². The quantitative estimate of drug-likeness (QED) is 0.876. The molecule has 1 N–H and O–H groups in total. The predicted octanol–water partition coefficient (Wildman–Crippen LogP) is 2.47. The van der Waals surface area contributed by atoms with E-state index in [9.17, 15) is 9.90 Å². The average molecular weight is 240 g/mol. The van der Waals surface area contributed by atoms with E-state index in [0.29, 0.717) is 5.69 Å². The lowest BCUT2D eigenvalue weighted by Crippen LogP contribution is -2.17. The second-order valence-electron chi connectivity index (χ2n) is 4.23. The number of carboxylic acid groups (broad SMARTS) is 1. The van der Waals surface area contributed by atoms with Crippen molar-refractivity contribution in [2.45, 2.75) is 6.42 Å². The Bertz CT molecular complexity index is 610. The number of hydrogen-bond acceptors (Lipinski definition) is 3. The summed E-state index contributed by atoms with van der Waals surface area (Å²) in [5.74, 6) is -0.942. The summed E-state index contributed by atoms with van der Waals surface area (Å²) in [6.45, 7) is 0.809. The van der Waals surface area contributed by atoms with Crippen molar-refractivity contribution >= 4 is 17.3 Å². The minimum Gasteiger partial charge on any atom is -0.478 e. The van der Waals surface area contributed by atoms with E-state index in [4.69, 9.17) is 0 Å². The maximum absolute atomic E-state index is 11.2. The molecular weight excluding hydrogens is 228 g/mol. The maximum Gasteiger partial charge on any atom is 0.339 e. The fourth-order valence-electron chi connectivity index (χ4n) is 2.38. The first-order chi connectivity index (χ1) is 8.77. The minimum absolute atomic E-state index is 0.245. The lowest BCUT2D eigenvalue weighted by Gasteiger charge is -2.21. The van der Waals surface area contributed by atoms with Crippen LogP contribution < -0.4 is 4.90 Å². The number of anilines is 2. The second kappa shape index (κ2) is 4.14. The van der Waals surface area contributed by atoms with Gasteiger partial charge in [0.15, 0.2) is 0 Å². The van der Waals surface area contributed by atoms with Gasteiger partial charge in [-0.3, -0.25) is 4.98 Å². The first-order valence-electron chi connectivity index (χ1n) is 5.80. The fourth-order valence-corrected chi connectivity index (χ4v) is 2.38. The molecule has 0 aliphatic carbocycles. The zero-order chi connectivity index (χ0) is 12.5. The van der Waals surface area contributed by atoms with Gasteiger partial charge in [0.2, 0.25) is 0 Å². The van der Waals surface area contributed by atoms with Gasteiger partial charge < -0.3 is 10.0 Å². The zero-order valence-corrected chi connectivity index (χ0v) is 9.71. The van der Waals surface area contributed by atoms with Gasteiger partial charge in [0.05, 0.1) is 5.69 Å². The number of carbonyl (C=O) groups is 1. The monoisotopic (exact) mass is 240 g/mol. The molecule has 0 unspecified atom stereocenters.